The van der Waals surface area contributed by atoms with Crippen molar-refractivity contribution in [3.63, 3.8) is 0 Å². The van der Waals surface area contributed by atoms with E-state index < -0.39 is 6.10 Å². The summed E-state index contributed by atoms with van der Waals surface area (Å²) < 4.78 is 5.19. The molecular formula is C27H40N2O4. The number of rotatable bonds is 7. The minimum atomic E-state index is -0.541. The molecule has 0 aliphatic heterocycles. The highest BCUT2D eigenvalue weighted by atomic mass is 16.5. The molecule has 7 atom stereocenters. The van der Waals surface area contributed by atoms with E-state index in [1.807, 2.05) is 31.2 Å². The molecule has 0 saturated heterocycles. The average molecular weight is 457 g/mol. The molecule has 1 aromatic carbocycles. The molecule has 6 nitrogen and oxygen atoms in total. The number of carbonyl (C=O) groups is 2. The molecular weight excluding hydrogens is 416 g/mol. The fourth-order valence-electron chi connectivity index (χ4n) is 6.43. The predicted molar refractivity (Wildman–Crippen MR) is 127 cm³/mol. The van der Waals surface area contributed by atoms with E-state index in [4.69, 9.17) is 4.74 Å². The molecule has 182 valence electrons. The van der Waals surface area contributed by atoms with Crippen LogP contribution in [-0.2, 0) is 16.1 Å². The first-order chi connectivity index (χ1) is 15.7. The number of aliphatic hydroxyl groups excluding tert-OH is 1. The summed E-state index contributed by atoms with van der Waals surface area (Å²) in [6.45, 7) is 6.88. The maximum Gasteiger partial charge on any atom is 0.223 e. The summed E-state index contributed by atoms with van der Waals surface area (Å²) >= 11 is 0. The van der Waals surface area contributed by atoms with Gasteiger partial charge in [0, 0.05) is 24.4 Å². The maximum atomic E-state index is 13.0. The van der Waals surface area contributed by atoms with E-state index in [1.54, 1.807) is 7.11 Å². The van der Waals surface area contributed by atoms with Crippen molar-refractivity contribution in [2.45, 2.75) is 78.0 Å². The molecule has 3 saturated carbocycles. The minimum Gasteiger partial charge on any atom is -0.497 e. The summed E-state index contributed by atoms with van der Waals surface area (Å²) in [6, 6.07) is 7.79. The van der Waals surface area contributed by atoms with Crippen LogP contribution in [0.15, 0.2) is 24.3 Å². The molecule has 3 N–H and O–H groups in total. The molecule has 3 aliphatic rings. The molecule has 6 heteroatoms. The SMILES string of the molecule is COc1ccc(CNC(=O)[C@@H](C)[C@@H]2CC[C@]3(C)CC[C@H](NC(=O)C4CC4)[C@H](C)[C@@H]3[C@H]2O)cc1. The van der Waals surface area contributed by atoms with Gasteiger partial charge >= 0.3 is 0 Å². The van der Waals surface area contributed by atoms with Gasteiger partial charge in [0.2, 0.25) is 11.8 Å². The zero-order chi connectivity index (χ0) is 23.8. The molecule has 2 amide bonds. The zero-order valence-electron chi connectivity index (χ0n) is 20.5. The molecule has 0 radical (unpaired) electrons. The second kappa shape index (κ2) is 9.65. The first kappa shape index (κ1) is 24.1. The Bertz CT molecular complexity index is 852. The minimum absolute atomic E-state index is 0.0134. The van der Waals surface area contributed by atoms with Gasteiger partial charge in [0.05, 0.1) is 13.2 Å². The summed E-state index contributed by atoms with van der Waals surface area (Å²) in [5, 5.41) is 17.9. The molecule has 0 spiro atoms. The van der Waals surface area contributed by atoms with Crippen molar-refractivity contribution in [1.82, 2.24) is 10.6 Å². The van der Waals surface area contributed by atoms with Crippen molar-refractivity contribution in [2.75, 3.05) is 7.11 Å². The number of fused-ring (bicyclic) bond motifs is 1. The Morgan fingerprint density at radius 2 is 1.82 bits per heavy atom. The second-order valence-electron chi connectivity index (χ2n) is 11.0. The molecule has 0 bridgehead atoms. The van der Waals surface area contributed by atoms with Crippen LogP contribution in [0.3, 0.4) is 0 Å². The van der Waals surface area contributed by atoms with Gasteiger partial charge in [-0.05, 0) is 79.4 Å². The number of hydrogen-bond acceptors (Lipinski definition) is 4. The maximum absolute atomic E-state index is 13.0. The Kier molecular flexibility index (Phi) is 7.04. The highest BCUT2D eigenvalue weighted by molar-refractivity contribution is 5.81. The average Bonchev–Trinajstić information content (AvgIpc) is 3.65. The standard InChI is InChI=1S/C27H40N2O4/c1-16(25(31)28-15-18-5-9-20(33-4)10-6-18)21-11-13-27(3)14-12-22(17(2)23(27)24(21)30)29-26(32)19-7-8-19/h5-6,9-10,16-17,19,21-24,30H,7-8,11-15H2,1-4H3,(H,28,31)(H,29,32)/t16-,17-,21-,22-,23+,24-,27+/m0/s1. The Balaban J connectivity index is 1.38. The van der Waals surface area contributed by atoms with Crippen molar-refractivity contribution in [3.8, 4) is 5.75 Å². The van der Waals surface area contributed by atoms with E-state index in [0.717, 1.165) is 49.8 Å². The smallest absolute Gasteiger partial charge is 0.223 e. The van der Waals surface area contributed by atoms with Crippen LogP contribution in [0.25, 0.3) is 0 Å². The summed E-state index contributed by atoms with van der Waals surface area (Å²) in [5.41, 5.74) is 1.08. The first-order valence-corrected chi connectivity index (χ1v) is 12.6. The Morgan fingerprint density at radius 3 is 2.45 bits per heavy atom. The fourth-order valence-corrected chi connectivity index (χ4v) is 6.43. The molecule has 4 rings (SSSR count). The van der Waals surface area contributed by atoms with Gasteiger partial charge in [-0.3, -0.25) is 9.59 Å². The van der Waals surface area contributed by atoms with E-state index in [9.17, 15) is 14.7 Å². The highest BCUT2D eigenvalue weighted by Crippen LogP contribution is 2.55. The fraction of sp³-hybridized carbons (Fsp3) is 0.704. The van der Waals surface area contributed by atoms with E-state index in [2.05, 4.69) is 24.5 Å². The van der Waals surface area contributed by atoms with Crippen LogP contribution in [0.4, 0.5) is 0 Å². The first-order valence-electron chi connectivity index (χ1n) is 12.6. The lowest BCUT2D eigenvalue weighted by Crippen LogP contribution is -2.58. The number of ether oxygens (including phenoxy) is 1. The molecule has 3 aliphatic carbocycles. The van der Waals surface area contributed by atoms with Crippen LogP contribution >= 0.6 is 0 Å². The third-order valence-electron chi connectivity index (χ3n) is 8.85. The molecule has 33 heavy (non-hydrogen) atoms. The molecule has 1 aromatic rings. The summed E-state index contributed by atoms with van der Waals surface area (Å²) in [5.74, 6) is 1.11. The Hall–Kier alpha value is -2.08. The van der Waals surface area contributed by atoms with Crippen LogP contribution in [0, 0.1) is 35.0 Å². The molecule has 0 heterocycles. The highest BCUT2D eigenvalue weighted by Gasteiger charge is 2.54. The largest absolute Gasteiger partial charge is 0.497 e. The number of nitrogens with one attached hydrogen (secondary N) is 2. The third kappa shape index (κ3) is 5.06. The van der Waals surface area contributed by atoms with Crippen LogP contribution in [0.1, 0.15) is 64.9 Å². The quantitative estimate of drug-likeness (QED) is 0.584. The number of hydrogen-bond donors (Lipinski definition) is 3. The number of benzene rings is 1. The van der Waals surface area contributed by atoms with Crippen molar-refractivity contribution in [2.24, 2.45) is 35.0 Å². The van der Waals surface area contributed by atoms with E-state index in [0.29, 0.717) is 6.54 Å². The van der Waals surface area contributed by atoms with Gasteiger partial charge in [-0.15, -0.1) is 0 Å². The van der Waals surface area contributed by atoms with Crippen molar-refractivity contribution in [3.05, 3.63) is 29.8 Å². The Morgan fingerprint density at radius 1 is 1.15 bits per heavy atom. The van der Waals surface area contributed by atoms with Crippen molar-refractivity contribution >= 4 is 11.8 Å². The lowest BCUT2D eigenvalue weighted by atomic mass is 9.51. The van der Waals surface area contributed by atoms with Crippen LogP contribution in [-0.4, -0.2) is 36.2 Å². The van der Waals surface area contributed by atoms with Crippen molar-refractivity contribution < 1.29 is 19.4 Å². The third-order valence-corrected chi connectivity index (χ3v) is 8.85. The Labute approximate surface area is 197 Å². The monoisotopic (exact) mass is 456 g/mol. The summed E-state index contributed by atoms with van der Waals surface area (Å²) in [6.07, 6.45) is 5.33. The second-order valence-corrected chi connectivity index (χ2v) is 11.0. The zero-order valence-corrected chi connectivity index (χ0v) is 20.5. The number of carbonyl (C=O) groups excluding carboxylic acids is 2. The lowest BCUT2D eigenvalue weighted by molar-refractivity contribution is -0.144. The number of methoxy groups -OCH3 is 1. The van der Waals surface area contributed by atoms with Crippen molar-refractivity contribution in [1.29, 1.82) is 0 Å². The normalized spacial score (nSPS) is 34.6. The topological polar surface area (TPSA) is 87.7 Å². The summed E-state index contributed by atoms with van der Waals surface area (Å²) in [7, 11) is 1.63. The van der Waals surface area contributed by atoms with E-state index >= 15 is 0 Å². The van der Waals surface area contributed by atoms with Gasteiger partial charge in [-0.25, -0.2) is 0 Å². The lowest BCUT2D eigenvalue weighted by Gasteiger charge is -2.56. The number of aliphatic hydroxyl groups is 1. The van der Waals surface area contributed by atoms with E-state index in [-0.39, 0.29) is 52.9 Å². The number of amides is 2. The van der Waals surface area contributed by atoms with E-state index in [1.165, 1.54) is 0 Å². The summed E-state index contributed by atoms with van der Waals surface area (Å²) in [4.78, 5) is 25.4. The van der Waals surface area contributed by atoms with Gasteiger partial charge in [0.15, 0.2) is 0 Å². The van der Waals surface area contributed by atoms with Gasteiger partial charge in [0.1, 0.15) is 5.75 Å². The van der Waals surface area contributed by atoms with Crippen LogP contribution < -0.4 is 15.4 Å². The molecule has 3 fully saturated rings. The van der Waals surface area contributed by atoms with Gasteiger partial charge in [0.25, 0.3) is 0 Å². The molecule has 0 unspecified atom stereocenters. The van der Waals surface area contributed by atoms with Gasteiger partial charge in [-0.1, -0.05) is 32.9 Å². The predicted octanol–water partition coefficient (Wildman–Crippen LogP) is 3.67. The molecule has 0 aromatic heterocycles. The van der Waals surface area contributed by atoms with Gasteiger partial charge < -0.3 is 20.5 Å². The van der Waals surface area contributed by atoms with Gasteiger partial charge in [-0.2, -0.15) is 0 Å². The van der Waals surface area contributed by atoms with Crippen LogP contribution in [0.2, 0.25) is 0 Å². The van der Waals surface area contributed by atoms with Crippen LogP contribution in [0.5, 0.6) is 5.75 Å².